The van der Waals surface area contributed by atoms with Crippen LogP contribution in [-0.2, 0) is 5.88 Å². The highest BCUT2D eigenvalue weighted by Crippen LogP contribution is 2.20. The minimum absolute atomic E-state index is 0.272. The standard InChI is InChI=1S/C8H6Cl2O/c9-4-7-6(5-11)2-1-3-8(7)10/h1-3,5H,4H2. The smallest absolute Gasteiger partial charge is 0.150 e. The number of rotatable bonds is 2. The third-order valence-corrected chi connectivity index (χ3v) is 2.04. The van der Waals surface area contributed by atoms with Gasteiger partial charge < -0.3 is 0 Å². The van der Waals surface area contributed by atoms with E-state index in [2.05, 4.69) is 0 Å². The van der Waals surface area contributed by atoms with Crippen LogP contribution in [0.4, 0.5) is 0 Å². The van der Waals surface area contributed by atoms with Crippen LogP contribution in [0.2, 0.25) is 5.02 Å². The van der Waals surface area contributed by atoms with Gasteiger partial charge in [-0.1, -0.05) is 23.7 Å². The zero-order valence-corrected chi connectivity index (χ0v) is 7.19. The highest BCUT2D eigenvalue weighted by atomic mass is 35.5. The number of benzene rings is 1. The monoisotopic (exact) mass is 188 g/mol. The fraction of sp³-hybridized carbons (Fsp3) is 0.125. The summed E-state index contributed by atoms with van der Waals surface area (Å²) in [6.45, 7) is 0. The third-order valence-electron chi connectivity index (χ3n) is 1.42. The molecule has 1 nitrogen and oxygen atoms in total. The van der Waals surface area contributed by atoms with Crippen molar-refractivity contribution in [3.05, 3.63) is 34.3 Å². The van der Waals surface area contributed by atoms with Crippen molar-refractivity contribution in [3.8, 4) is 0 Å². The molecule has 0 amide bonds. The van der Waals surface area contributed by atoms with E-state index in [0.717, 1.165) is 6.29 Å². The summed E-state index contributed by atoms with van der Waals surface area (Å²) in [5.74, 6) is 0.272. The molecule has 0 bridgehead atoms. The Morgan fingerprint density at radius 2 is 2.18 bits per heavy atom. The molecule has 0 fully saturated rings. The van der Waals surface area contributed by atoms with Crippen LogP contribution in [-0.4, -0.2) is 6.29 Å². The second-order valence-electron chi connectivity index (χ2n) is 2.06. The SMILES string of the molecule is O=Cc1cccc(Cl)c1CCl. The molecule has 0 aliphatic carbocycles. The van der Waals surface area contributed by atoms with E-state index < -0.39 is 0 Å². The predicted octanol–water partition coefficient (Wildman–Crippen LogP) is 2.89. The van der Waals surface area contributed by atoms with Crippen LogP contribution in [0.25, 0.3) is 0 Å². The van der Waals surface area contributed by atoms with Crippen LogP contribution in [0.1, 0.15) is 15.9 Å². The van der Waals surface area contributed by atoms with E-state index in [0.29, 0.717) is 16.1 Å². The highest BCUT2D eigenvalue weighted by molar-refractivity contribution is 6.32. The summed E-state index contributed by atoms with van der Waals surface area (Å²) in [6.07, 6.45) is 0.754. The second-order valence-corrected chi connectivity index (χ2v) is 2.73. The minimum atomic E-state index is 0.272. The molecule has 0 aliphatic rings. The lowest BCUT2D eigenvalue weighted by Crippen LogP contribution is -1.89. The Morgan fingerprint density at radius 3 is 2.64 bits per heavy atom. The largest absolute Gasteiger partial charge is 0.298 e. The van der Waals surface area contributed by atoms with Gasteiger partial charge in [0.25, 0.3) is 0 Å². The van der Waals surface area contributed by atoms with Gasteiger partial charge in [-0.15, -0.1) is 11.6 Å². The second kappa shape index (κ2) is 3.74. The number of aldehydes is 1. The summed E-state index contributed by atoms with van der Waals surface area (Å²) in [4.78, 5) is 10.4. The van der Waals surface area contributed by atoms with Gasteiger partial charge in [-0.25, -0.2) is 0 Å². The lowest BCUT2D eigenvalue weighted by Gasteiger charge is -2.01. The predicted molar refractivity (Wildman–Crippen MR) is 46.4 cm³/mol. The Morgan fingerprint density at radius 1 is 1.45 bits per heavy atom. The maximum absolute atomic E-state index is 10.4. The molecule has 0 atom stereocenters. The number of hydrogen-bond donors (Lipinski definition) is 0. The van der Waals surface area contributed by atoms with E-state index in [1.807, 2.05) is 0 Å². The fourth-order valence-corrected chi connectivity index (χ4v) is 1.44. The molecule has 0 unspecified atom stereocenters. The van der Waals surface area contributed by atoms with Gasteiger partial charge in [0.1, 0.15) is 6.29 Å². The first-order valence-electron chi connectivity index (χ1n) is 3.08. The Balaban J connectivity index is 3.23. The molecular formula is C8H6Cl2O. The normalized spacial score (nSPS) is 9.64. The quantitative estimate of drug-likeness (QED) is 0.516. The van der Waals surface area contributed by atoms with E-state index in [-0.39, 0.29) is 5.88 Å². The molecule has 1 rings (SSSR count). The minimum Gasteiger partial charge on any atom is -0.298 e. The number of hydrogen-bond acceptors (Lipinski definition) is 1. The first kappa shape index (κ1) is 8.57. The molecule has 0 spiro atoms. The van der Waals surface area contributed by atoms with Crippen molar-refractivity contribution in [1.29, 1.82) is 0 Å². The van der Waals surface area contributed by atoms with Crippen molar-refractivity contribution in [1.82, 2.24) is 0 Å². The molecule has 0 N–H and O–H groups in total. The fourth-order valence-electron chi connectivity index (χ4n) is 0.827. The number of carbonyl (C=O) groups is 1. The first-order valence-corrected chi connectivity index (χ1v) is 3.99. The summed E-state index contributed by atoms with van der Waals surface area (Å²) in [5, 5.41) is 0.546. The Labute approximate surface area is 74.9 Å². The number of alkyl halides is 1. The third kappa shape index (κ3) is 1.73. The zero-order valence-electron chi connectivity index (χ0n) is 5.68. The lowest BCUT2D eigenvalue weighted by atomic mass is 10.1. The van der Waals surface area contributed by atoms with E-state index in [9.17, 15) is 4.79 Å². The maximum atomic E-state index is 10.4. The van der Waals surface area contributed by atoms with Gasteiger partial charge >= 0.3 is 0 Å². The van der Waals surface area contributed by atoms with E-state index >= 15 is 0 Å². The van der Waals surface area contributed by atoms with Crippen LogP contribution in [0.15, 0.2) is 18.2 Å². The Kier molecular flexibility index (Phi) is 2.92. The summed E-state index contributed by atoms with van der Waals surface area (Å²) < 4.78 is 0. The van der Waals surface area contributed by atoms with Crippen molar-refractivity contribution < 1.29 is 4.79 Å². The molecule has 0 aromatic heterocycles. The van der Waals surface area contributed by atoms with Crippen LogP contribution in [0.3, 0.4) is 0 Å². The van der Waals surface area contributed by atoms with Crippen molar-refractivity contribution in [2.75, 3.05) is 0 Å². The number of halogens is 2. The van der Waals surface area contributed by atoms with Crippen LogP contribution in [0, 0.1) is 0 Å². The zero-order chi connectivity index (χ0) is 8.27. The summed E-state index contributed by atoms with van der Waals surface area (Å²) in [6, 6.07) is 5.13. The molecule has 0 aliphatic heterocycles. The van der Waals surface area contributed by atoms with Crippen molar-refractivity contribution in [3.63, 3.8) is 0 Å². The average molecular weight is 189 g/mol. The topological polar surface area (TPSA) is 17.1 Å². The van der Waals surface area contributed by atoms with Gasteiger partial charge in [-0.2, -0.15) is 0 Å². The van der Waals surface area contributed by atoms with Crippen LogP contribution >= 0.6 is 23.2 Å². The molecule has 1 aromatic rings. The average Bonchev–Trinajstić information content (AvgIpc) is 2.04. The van der Waals surface area contributed by atoms with Crippen molar-refractivity contribution in [2.24, 2.45) is 0 Å². The van der Waals surface area contributed by atoms with Crippen LogP contribution in [0.5, 0.6) is 0 Å². The Hall–Kier alpha value is -0.530. The maximum Gasteiger partial charge on any atom is 0.150 e. The van der Waals surface area contributed by atoms with E-state index in [1.54, 1.807) is 18.2 Å². The van der Waals surface area contributed by atoms with Crippen LogP contribution < -0.4 is 0 Å². The van der Waals surface area contributed by atoms with Gasteiger partial charge in [0.05, 0.1) is 0 Å². The summed E-state index contributed by atoms with van der Waals surface area (Å²) >= 11 is 11.3. The molecular weight excluding hydrogens is 183 g/mol. The summed E-state index contributed by atoms with van der Waals surface area (Å²) in [7, 11) is 0. The van der Waals surface area contributed by atoms with E-state index in [4.69, 9.17) is 23.2 Å². The van der Waals surface area contributed by atoms with Gasteiger partial charge in [-0.05, 0) is 11.6 Å². The molecule has 11 heavy (non-hydrogen) atoms. The summed E-state index contributed by atoms with van der Waals surface area (Å²) in [5.41, 5.74) is 1.26. The molecule has 58 valence electrons. The van der Waals surface area contributed by atoms with Gasteiger partial charge in [0.15, 0.2) is 0 Å². The molecule has 0 saturated carbocycles. The molecule has 0 heterocycles. The van der Waals surface area contributed by atoms with E-state index in [1.165, 1.54) is 0 Å². The molecule has 0 saturated heterocycles. The molecule has 1 aromatic carbocycles. The molecule has 0 radical (unpaired) electrons. The van der Waals surface area contributed by atoms with Gasteiger partial charge in [0, 0.05) is 16.5 Å². The van der Waals surface area contributed by atoms with Gasteiger partial charge in [0.2, 0.25) is 0 Å². The first-order chi connectivity index (χ1) is 5.29. The highest BCUT2D eigenvalue weighted by Gasteiger charge is 2.03. The molecule has 3 heteroatoms. The Bertz CT molecular complexity index is 271. The number of carbonyl (C=O) groups excluding carboxylic acids is 1. The van der Waals surface area contributed by atoms with Crippen molar-refractivity contribution in [2.45, 2.75) is 5.88 Å². The van der Waals surface area contributed by atoms with Gasteiger partial charge in [-0.3, -0.25) is 4.79 Å². The van der Waals surface area contributed by atoms with Crippen molar-refractivity contribution >= 4 is 29.5 Å². The lowest BCUT2D eigenvalue weighted by molar-refractivity contribution is 0.112.